The third-order valence-corrected chi connectivity index (χ3v) is 4.88. The third kappa shape index (κ3) is 2.38. The molecule has 0 amide bonds. The normalized spacial score (nSPS) is 21.9. The van der Waals surface area contributed by atoms with Crippen LogP contribution in [-0.2, 0) is 26.3 Å². The van der Waals surface area contributed by atoms with Gasteiger partial charge in [-0.15, -0.1) is 0 Å². The summed E-state index contributed by atoms with van der Waals surface area (Å²) in [7, 11) is 1.37. The number of esters is 1. The van der Waals surface area contributed by atoms with Crippen LogP contribution < -0.4 is 0 Å². The second-order valence-corrected chi connectivity index (χ2v) is 6.00. The lowest BCUT2D eigenvalue weighted by Gasteiger charge is -2.36. The molecule has 6 nitrogen and oxygen atoms in total. The van der Waals surface area contributed by atoms with E-state index in [0.29, 0.717) is 12.1 Å². The number of hydrogen-bond acceptors (Lipinski definition) is 5. The summed E-state index contributed by atoms with van der Waals surface area (Å²) in [6, 6.07) is 6.06. The van der Waals surface area contributed by atoms with E-state index in [2.05, 4.69) is 23.1 Å². The maximum atomic E-state index is 11.9. The molecule has 1 aliphatic heterocycles. The Morgan fingerprint density at radius 1 is 1.46 bits per heavy atom. The molecule has 24 heavy (non-hydrogen) atoms. The first-order chi connectivity index (χ1) is 11.6. The molecular formula is C18H22N2O4. The molecule has 1 aliphatic rings. The van der Waals surface area contributed by atoms with Crippen molar-refractivity contribution >= 4 is 22.6 Å². The Morgan fingerprint density at radius 3 is 2.88 bits per heavy atom. The molecule has 0 aliphatic carbocycles. The summed E-state index contributed by atoms with van der Waals surface area (Å²) in [5.41, 5.74) is 3.45. The minimum absolute atomic E-state index is 0.111. The summed E-state index contributed by atoms with van der Waals surface area (Å²) in [6.07, 6.45) is 1.58. The quantitative estimate of drug-likeness (QED) is 0.512. The Kier molecular flexibility index (Phi) is 4.32. The number of benzene rings is 1. The first-order valence-electron chi connectivity index (χ1n) is 8.16. The number of para-hydroxylation sites is 1. The summed E-state index contributed by atoms with van der Waals surface area (Å²) in [5.74, 6) is -0.332. The summed E-state index contributed by atoms with van der Waals surface area (Å²) < 4.78 is 10.9. The van der Waals surface area contributed by atoms with Crippen LogP contribution in [0.4, 0.5) is 0 Å². The number of methoxy groups -OCH3 is 1. The van der Waals surface area contributed by atoms with Crippen molar-refractivity contribution in [1.29, 1.82) is 0 Å². The van der Waals surface area contributed by atoms with E-state index in [-0.39, 0.29) is 19.0 Å². The van der Waals surface area contributed by atoms with Gasteiger partial charge in [-0.2, -0.15) is 0 Å². The highest BCUT2D eigenvalue weighted by Gasteiger charge is 2.43. The van der Waals surface area contributed by atoms with Crippen molar-refractivity contribution in [2.24, 2.45) is 5.16 Å². The van der Waals surface area contributed by atoms with Crippen LogP contribution in [0.2, 0.25) is 0 Å². The molecule has 0 radical (unpaired) electrons. The molecule has 1 unspecified atom stereocenters. The van der Waals surface area contributed by atoms with E-state index in [4.69, 9.17) is 9.47 Å². The van der Waals surface area contributed by atoms with Crippen LogP contribution >= 0.6 is 0 Å². The number of ether oxygens (including phenoxy) is 2. The van der Waals surface area contributed by atoms with E-state index >= 15 is 0 Å². The van der Waals surface area contributed by atoms with Gasteiger partial charge in [-0.05, 0) is 18.4 Å². The second-order valence-electron chi connectivity index (χ2n) is 6.00. The van der Waals surface area contributed by atoms with Crippen molar-refractivity contribution in [3.8, 4) is 0 Å². The number of nitrogens with one attached hydrogen (secondary N) is 1. The number of carbonyl (C=O) groups is 1. The standard InChI is InChI=1S/C18H22N2O4/c1-4-11-7-6-8-12-15-13(20-22)10-24-18(5-2,9-14(21)23-3)17(15)19-16(11)12/h6-8,19,22H,4-5,9-10H2,1-3H3/b20-13-. The lowest BCUT2D eigenvalue weighted by atomic mass is 9.85. The molecule has 0 bridgehead atoms. The van der Waals surface area contributed by atoms with Gasteiger partial charge in [-0.25, -0.2) is 0 Å². The van der Waals surface area contributed by atoms with Gasteiger partial charge in [-0.1, -0.05) is 37.2 Å². The molecule has 2 N–H and O–H groups in total. The number of hydrogen-bond donors (Lipinski definition) is 2. The first kappa shape index (κ1) is 16.5. The van der Waals surface area contributed by atoms with E-state index in [1.54, 1.807) is 0 Å². The molecule has 1 atom stereocenters. The fourth-order valence-electron chi connectivity index (χ4n) is 3.49. The summed E-state index contributed by atoms with van der Waals surface area (Å²) in [6.45, 7) is 4.21. The monoisotopic (exact) mass is 330 g/mol. The highest BCUT2D eigenvalue weighted by molar-refractivity contribution is 6.14. The molecule has 3 rings (SSSR count). The zero-order valence-corrected chi connectivity index (χ0v) is 14.2. The molecule has 6 heteroatoms. The van der Waals surface area contributed by atoms with Crippen molar-refractivity contribution in [2.45, 2.75) is 38.7 Å². The van der Waals surface area contributed by atoms with Gasteiger partial charge in [0.2, 0.25) is 0 Å². The SMILES string of the molecule is CCc1cccc2c3c([nH]c12)C(CC)(CC(=O)OC)OC/C3=N/O. The van der Waals surface area contributed by atoms with E-state index in [1.165, 1.54) is 12.7 Å². The van der Waals surface area contributed by atoms with Crippen LogP contribution in [0.25, 0.3) is 10.9 Å². The number of aryl methyl sites for hydroxylation is 1. The van der Waals surface area contributed by atoms with Gasteiger partial charge in [-0.3, -0.25) is 4.79 Å². The molecule has 2 aromatic rings. The van der Waals surface area contributed by atoms with Crippen LogP contribution in [0, 0.1) is 0 Å². The number of rotatable bonds is 4. The van der Waals surface area contributed by atoms with E-state index in [9.17, 15) is 10.0 Å². The van der Waals surface area contributed by atoms with Crippen molar-refractivity contribution in [3.63, 3.8) is 0 Å². The minimum atomic E-state index is -0.805. The van der Waals surface area contributed by atoms with Crippen LogP contribution in [0.15, 0.2) is 23.4 Å². The largest absolute Gasteiger partial charge is 0.469 e. The van der Waals surface area contributed by atoms with Crippen LogP contribution in [-0.4, -0.2) is 35.6 Å². The van der Waals surface area contributed by atoms with Crippen molar-refractivity contribution < 1.29 is 19.5 Å². The lowest BCUT2D eigenvalue weighted by molar-refractivity contribution is -0.150. The number of oxime groups is 1. The number of H-pyrrole nitrogens is 1. The molecular weight excluding hydrogens is 308 g/mol. The third-order valence-electron chi connectivity index (χ3n) is 4.88. The van der Waals surface area contributed by atoms with E-state index < -0.39 is 5.60 Å². The second kappa shape index (κ2) is 6.28. The Morgan fingerprint density at radius 2 is 2.25 bits per heavy atom. The summed E-state index contributed by atoms with van der Waals surface area (Å²) in [4.78, 5) is 15.4. The molecule has 0 spiro atoms. The molecule has 0 saturated carbocycles. The van der Waals surface area contributed by atoms with E-state index in [0.717, 1.165) is 28.6 Å². The predicted octanol–water partition coefficient (Wildman–Crippen LogP) is 3.11. The molecule has 1 aromatic carbocycles. The highest BCUT2D eigenvalue weighted by Crippen LogP contribution is 2.42. The Bertz CT molecular complexity index is 809. The molecule has 0 saturated heterocycles. The topological polar surface area (TPSA) is 83.9 Å². The van der Waals surface area contributed by atoms with Crippen molar-refractivity contribution in [1.82, 2.24) is 4.98 Å². The van der Waals surface area contributed by atoms with Gasteiger partial charge in [0.15, 0.2) is 0 Å². The Hall–Kier alpha value is -2.34. The van der Waals surface area contributed by atoms with Crippen LogP contribution in [0.3, 0.4) is 0 Å². The molecule has 1 aromatic heterocycles. The summed E-state index contributed by atoms with van der Waals surface area (Å²) >= 11 is 0. The average Bonchev–Trinajstić information content (AvgIpc) is 3.02. The maximum Gasteiger partial charge on any atom is 0.308 e. The fraction of sp³-hybridized carbons (Fsp3) is 0.444. The van der Waals surface area contributed by atoms with Crippen LogP contribution in [0.5, 0.6) is 0 Å². The molecule has 0 fully saturated rings. The Balaban J connectivity index is 2.29. The number of carbonyl (C=O) groups excluding carboxylic acids is 1. The predicted molar refractivity (Wildman–Crippen MR) is 90.6 cm³/mol. The smallest absolute Gasteiger partial charge is 0.308 e. The van der Waals surface area contributed by atoms with Crippen LogP contribution in [0.1, 0.15) is 43.5 Å². The van der Waals surface area contributed by atoms with E-state index in [1.807, 2.05) is 19.1 Å². The maximum absolute atomic E-state index is 11.9. The summed E-state index contributed by atoms with van der Waals surface area (Å²) in [5, 5.41) is 13.8. The van der Waals surface area contributed by atoms with Gasteiger partial charge in [0, 0.05) is 16.5 Å². The fourth-order valence-corrected chi connectivity index (χ4v) is 3.49. The lowest BCUT2D eigenvalue weighted by Crippen LogP contribution is -2.40. The molecule has 128 valence electrons. The first-order valence-corrected chi connectivity index (χ1v) is 8.16. The average molecular weight is 330 g/mol. The Labute approximate surface area is 140 Å². The zero-order valence-electron chi connectivity index (χ0n) is 14.2. The van der Waals surface area contributed by atoms with Crippen molar-refractivity contribution in [2.75, 3.05) is 13.7 Å². The van der Waals surface area contributed by atoms with Gasteiger partial charge in [0.25, 0.3) is 0 Å². The highest BCUT2D eigenvalue weighted by atomic mass is 16.5. The van der Waals surface area contributed by atoms with Crippen molar-refractivity contribution in [3.05, 3.63) is 35.0 Å². The molecule has 2 heterocycles. The number of nitrogens with zero attached hydrogens (tertiary/aromatic N) is 1. The zero-order chi connectivity index (χ0) is 17.3. The van der Waals surface area contributed by atoms with Gasteiger partial charge < -0.3 is 19.7 Å². The van der Waals surface area contributed by atoms with Gasteiger partial charge >= 0.3 is 5.97 Å². The van der Waals surface area contributed by atoms with Gasteiger partial charge in [0.05, 0.1) is 25.8 Å². The number of aromatic amines is 1. The number of fused-ring (bicyclic) bond motifs is 3. The van der Waals surface area contributed by atoms with Gasteiger partial charge in [0.1, 0.15) is 11.3 Å². The number of aromatic nitrogens is 1. The minimum Gasteiger partial charge on any atom is -0.469 e.